The molecule has 0 aromatic carbocycles. The first-order valence-corrected chi connectivity index (χ1v) is 5.97. The number of ether oxygens (including phenoxy) is 1. The lowest BCUT2D eigenvalue weighted by Crippen LogP contribution is -2.48. The quantitative estimate of drug-likeness (QED) is 0.726. The second kappa shape index (κ2) is 6.70. The van der Waals surface area contributed by atoms with E-state index in [2.05, 4.69) is 5.32 Å². The van der Waals surface area contributed by atoms with Gasteiger partial charge in [0.15, 0.2) is 0 Å². The van der Waals surface area contributed by atoms with Crippen molar-refractivity contribution >= 4 is 6.03 Å². The van der Waals surface area contributed by atoms with Crippen LogP contribution in [0.2, 0.25) is 0 Å². The van der Waals surface area contributed by atoms with Gasteiger partial charge in [-0.05, 0) is 26.7 Å². The van der Waals surface area contributed by atoms with Gasteiger partial charge in [0.2, 0.25) is 0 Å². The van der Waals surface area contributed by atoms with Crippen LogP contribution in [0.4, 0.5) is 4.79 Å². The van der Waals surface area contributed by atoms with E-state index in [0.717, 1.165) is 19.4 Å². The van der Waals surface area contributed by atoms with E-state index in [0.29, 0.717) is 13.1 Å². The zero-order valence-corrected chi connectivity index (χ0v) is 10.1. The van der Waals surface area contributed by atoms with Crippen molar-refractivity contribution in [2.24, 2.45) is 0 Å². The molecule has 1 saturated heterocycles. The number of nitrogens with one attached hydrogen (secondary N) is 1. The first-order chi connectivity index (χ1) is 7.69. The Morgan fingerprint density at radius 3 is 2.94 bits per heavy atom. The summed E-state index contributed by atoms with van der Waals surface area (Å²) in [5.41, 5.74) is 0. The summed E-state index contributed by atoms with van der Waals surface area (Å²) in [7, 11) is 0. The molecule has 5 heteroatoms. The highest BCUT2D eigenvalue weighted by molar-refractivity contribution is 5.74. The van der Waals surface area contributed by atoms with Crippen molar-refractivity contribution in [2.45, 2.75) is 38.8 Å². The number of urea groups is 1. The highest BCUT2D eigenvalue weighted by Crippen LogP contribution is 2.15. The van der Waals surface area contributed by atoms with Gasteiger partial charge in [0.25, 0.3) is 0 Å². The van der Waals surface area contributed by atoms with Crippen LogP contribution in [0.3, 0.4) is 0 Å². The Hall–Kier alpha value is -0.810. The van der Waals surface area contributed by atoms with Crippen molar-refractivity contribution < 1.29 is 14.6 Å². The van der Waals surface area contributed by atoms with Gasteiger partial charge in [-0.2, -0.15) is 0 Å². The predicted octanol–water partition coefficient (Wildman–Crippen LogP) is 0.578. The fraction of sp³-hybridized carbons (Fsp3) is 0.909. The molecule has 2 atom stereocenters. The normalized spacial score (nSPS) is 21.8. The molecule has 1 aliphatic rings. The molecule has 0 radical (unpaired) electrons. The molecule has 0 spiro atoms. The number of nitrogens with zero attached hydrogens (tertiary/aromatic N) is 1. The number of likely N-dealkylation sites (N-methyl/N-ethyl adjacent to an activating group) is 1. The Morgan fingerprint density at radius 1 is 1.69 bits per heavy atom. The third kappa shape index (κ3) is 3.64. The number of hydrogen-bond donors (Lipinski definition) is 2. The maximum atomic E-state index is 11.8. The Balaban J connectivity index is 2.36. The van der Waals surface area contributed by atoms with E-state index in [1.807, 2.05) is 13.8 Å². The van der Waals surface area contributed by atoms with Crippen LogP contribution in [0.25, 0.3) is 0 Å². The highest BCUT2D eigenvalue weighted by atomic mass is 16.5. The van der Waals surface area contributed by atoms with Gasteiger partial charge in [0, 0.05) is 19.7 Å². The third-order valence-corrected chi connectivity index (χ3v) is 2.91. The first kappa shape index (κ1) is 13.3. The molecule has 16 heavy (non-hydrogen) atoms. The SMILES string of the molecule is CCN(CCO)C(=O)NC(C)C1CCCO1. The van der Waals surface area contributed by atoms with E-state index in [4.69, 9.17) is 9.84 Å². The molecule has 1 aliphatic heterocycles. The minimum Gasteiger partial charge on any atom is -0.395 e. The average Bonchev–Trinajstić information content (AvgIpc) is 2.78. The van der Waals surface area contributed by atoms with Gasteiger partial charge in [-0.15, -0.1) is 0 Å². The molecule has 5 nitrogen and oxygen atoms in total. The largest absolute Gasteiger partial charge is 0.395 e. The average molecular weight is 230 g/mol. The number of rotatable bonds is 5. The molecule has 0 aliphatic carbocycles. The van der Waals surface area contributed by atoms with Crippen LogP contribution in [-0.4, -0.2) is 54.5 Å². The smallest absolute Gasteiger partial charge is 0.317 e. The number of hydrogen-bond acceptors (Lipinski definition) is 3. The maximum Gasteiger partial charge on any atom is 0.317 e. The van der Waals surface area contributed by atoms with E-state index in [1.165, 1.54) is 0 Å². The van der Waals surface area contributed by atoms with Crippen molar-refractivity contribution in [3.05, 3.63) is 0 Å². The molecular formula is C11H22N2O3. The van der Waals surface area contributed by atoms with Crippen molar-refractivity contribution in [1.29, 1.82) is 0 Å². The van der Waals surface area contributed by atoms with Crippen LogP contribution in [0, 0.1) is 0 Å². The number of carbonyl (C=O) groups is 1. The zero-order chi connectivity index (χ0) is 12.0. The molecule has 2 N–H and O–H groups in total. The Bertz CT molecular complexity index is 217. The van der Waals surface area contributed by atoms with Crippen LogP contribution >= 0.6 is 0 Å². The van der Waals surface area contributed by atoms with E-state index < -0.39 is 0 Å². The zero-order valence-electron chi connectivity index (χ0n) is 10.1. The first-order valence-electron chi connectivity index (χ1n) is 5.97. The third-order valence-electron chi connectivity index (χ3n) is 2.91. The van der Waals surface area contributed by atoms with E-state index in [-0.39, 0.29) is 24.8 Å². The van der Waals surface area contributed by atoms with Crippen molar-refractivity contribution in [3.8, 4) is 0 Å². The van der Waals surface area contributed by atoms with Gasteiger partial charge in [-0.1, -0.05) is 0 Å². The molecule has 2 unspecified atom stereocenters. The van der Waals surface area contributed by atoms with Gasteiger partial charge in [-0.3, -0.25) is 0 Å². The van der Waals surface area contributed by atoms with Gasteiger partial charge in [0.1, 0.15) is 0 Å². The molecule has 0 aromatic heterocycles. The summed E-state index contributed by atoms with van der Waals surface area (Å²) < 4.78 is 5.51. The topological polar surface area (TPSA) is 61.8 Å². The summed E-state index contributed by atoms with van der Waals surface area (Å²) in [6.07, 6.45) is 2.21. The molecular weight excluding hydrogens is 208 g/mol. The second-order valence-electron chi connectivity index (χ2n) is 4.09. The van der Waals surface area contributed by atoms with Gasteiger partial charge < -0.3 is 20.1 Å². The van der Waals surface area contributed by atoms with Crippen LogP contribution in [0.5, 0.6) is 0 Å². The second-order valence-corrected chi connectivity index (χ2v) is 4.09. The lowest BCUT2D eigenvalue weighted by atomic mass is 10.1. The molecule has 1 fully saturated rings. The summed E-state index contributed by atoms with van der Waals surface area (Å²) in [4.78, 5) is 13.4. The van der Waals surface area contributed by atoms with Crippen molar-refractivity contribution in [2.75, 3.05) is 26.3 Å². The van der Waals surface area contributed by atoms with Gasteiger partial charge >= 0.3 is 6.03 Å². The van der Waals surface area contributed by atoms with Crippen LogP contribution in [0.15, 0.2) is 0 Å². The molecule has 0 saturated carbocycles. The van der Waals surface area contributed by atoms with E-state index >= 15 is 0 Å². The molecule has 1 heterocycles. The van der Waals surface area contributed by atoms with E-state index in [1.54, 1.807) is 4.90 Å². The Kier molecular flexibility index (Phi) is 5.55. The minimum absolute atomic E-state index is 0.00440. The maximum absolute atomic E-state index is 11.8. The highest BCUT2D eigenvalue weighted by Gasteiger charge is 2.24. The van der Waals surface area contributed by atoms with E-state index in [9.17, 15) is 4.79 Å². The number of aliphatic hydroxyl groups is 1. The van der Waals surface area contributed by atoms with Crippen LogP contribution < -0.4 is 5.32 Å². The van der Waals surface area contributed by atoms with Crippen LogP contribution in [-0.2, 0) is 4.74 Å². The van der Waals surface area contributed by atoms with Crippen LogP contribution in [0.1, 0.15) is 26.7 Å². The molecule has 1 rings (SSSR count). The van der Waals surface area contributed by atoms with Crippen molar-refractivity contribution in [1.82, 2.24) is 10.2 Å². The standard InChI is InChI=1S/C11H22N2O3/c1-3-13(6-7-14)11(15)12-9(2)10-5-4-8-16-10/h9-10,14H,3-8H2,1-2H3,(H,12,15). The molecule has 2 amide bonds. The van der Waals surface area contributed by atoms with Gasteiger partial charge in [-0.25, -0.2) is 4.79 Å². The number of aliphatic hydroxyl groups excluding tert-OH is 1. The summed E-state index contributed by atoms with van der Waals surface area (Å²) >= 11 is 0. The van der Waals surface area contributed by atoms with Crippen molar-refractivity contribution in [3.63, 3.8) is 0 Å². The Morgan fingerprint density at radius 2 is 2.44 bits per heavy atom. The monoisotopic (exact) mass is 230 g/mol. The summed E-state index contributed by atoms with van der Waals surface area (Å²) in [6, 6.07) is -0.0951. The summed E-state index contributed by atoms with van der Waals surface area (Å²) in [5, 5.41) is 11.7. The predicted molar refractivity (Wildman–Crippen MR) is 61.3 cm³/mol. The molecule has 94 valence electrons. The summed E-state index contributed by atoms with van der Waals surface area (Å²) in [5.74, 6) is 0. The fourth-order valence-electron chi connectivity index (χ4n) is 1.90. The van der Waals surface area contributed by atoms with Gasteiger partial charge in [0.05, 0.1) is 18.8 Å². The lowest BCUT2D eigenvalue weighted by molar-refractivity contribution is 0.0828. The lowest BCUT2D eigenvalue weighted by Gasteiger charge is -2.25. The number of amides is 2. The summed E-state index contributed by atoms with van der Waals surface area (Å²) in [6.45, 7) is 5.62. The minimum atomic E-state index is -0.125. The number of carbonyl (C=O) groups excluding carboxylic acids is 1. The molecule has 0 aromatic rings. The Labute approximate surface area is 96.8 Å². The molecule has 0 bridgehead atoms. The fourth-order valence-corrected chi connectivity index (χ4v) is 1.90.